The van der Waals surface area contributed by atoms with E-state index in [0.717, 1.165) is 30.4 Å². The highest BCUT2D eigenvalue weighted by atomic mass is 32.2. The van der Waals surface area contributed by atoms with E-state index in [-0.39, 0.29) is 10.9 Å². The lowest BCUT2D eigenvalue weighted by Gasteiger charge is -2.30. The van der Waals surface area contributed by atoms with Crippen LogP contribution in [0.25, 0.3) is 0 Å². The molecule has 1 atom stereocenters. The first-order chi connectivity index (χ1) is 15.2. The summed E-state index contributed by atoms with van der Waals surface area (Å²) < 4.78 is 37.7. The minimum absolute atomic E-state index is 0.262. The molecule has 172 valence electrons. The first-order valence-corrected chi connectivity index (χ1v) is 12.8. The third kappa shape index (κ3) is 3.98. The summed E-state index contributed by atoms with van der Waals surface area (Å²) >= 11 is 0. The van der Waals surface area contributed by atoms with E-state index in [9.17, 15) is 13.2 Å². The molecule has 1 fully saturated rings. The SMILES string of the molecule is Cc1ccc(C)c(S(=O)(=O)C2(C(=O)NC(C)c3ccc4c(c3)OCCCO4)CCCC2)c1. The second-order valence-corrected chi connectivity index (χ2v) is 11.2. The van der Waals surface area contributed by atoms with Gasteiger partial charge in [0.2, 0.25) is 5.91 Å². The second-order valence-electron chi connectivity index (χ2n) is 8.93. The molecule has 1 unspecified atom stereocenters. The molecule has 1 amide bonds. The van der Waals surface area contributed by atoms with E-state index < -0.39 is 20.5 Å². The molecule has 0 saturated heterocycles. The summed E-state index contributed by atoms with van der Waals surface area (Å²) in [5.74, 6) is 0.921. The van der Waals surface area contributed by atoms with Crippen molar-refractivity contribution < 1.29 is 22.7 Å². The summed E-state index contributed by atoms with van der Waals surface area (Å²) in [4.78, 5) is 13.8. The molecule has 1 heterocycles. The van der Waals surface area contributed by atoms with Crippen molar-refractivity contribution in [2.24, 2.45) is 0 Å². The highest BCUT2D eigenvalue weighted by molar-refractivity contribution is 7.93. The third-order valence-corrected chi connectivity index (χ3v) is 9.23. The molecular formula is C25H31NO5S. The van der Waals surface area contributed by atoms with E-state index in [0.29, 0.717) is 43.1 Å². The molecule has 0 bridgehead atoms. The first kappa shape index (κ1) is 22.6. The van der Waals surface area contributed by atoms with Gasteiger partial charge < -0.3 is 14.8 Å². The number of aryl methyl sites for hydroxylation is 2. The Morgan fingerprint density at radius 2 is 1.66 bits per heavy atom. The minimum Gasteiger partial charge on any atom is -0.490 e. The maximum Gasteiger partial charge on any atom is 0.242 e. The molecule has 1 aliphatic heterocycles. The monoisotopic (exact) mass is 457 g/mol. The quantitative estimate of drug-likeness (QED) is 0.718. The average molecular weight is 458 g/mol. The van der Waals surface area contributed by atoms with Gasteiger partial charge in [-0.1, -0.05) is 31.0 Å². The summed E-state index contributed by atoms with van der Waals surface area (Å²) in [5.41, 5.74) is 2.38. The predicted molar refractivity (Wildman–Crippen MR) is 123 cm³/mol. The molecular weight excluding hydrogens is 426 g/mol. The van der Waals surface area contributed by atoms with E-state index >= 15 is 0 Å². The molecule has 2 aromatic rings. The molecule has 0 radical (unpaired) electrons. The molecule has 7 heteroatoms. The van der Waals surface area contributed by atoms with Crippen LogP contribution in [0, 0.1) is 13.8 Å². The number of ether oxygens (including phenoxy) is 2. The Kier molecular flexibility index (Phi) is 6.21. The lowest BCUT2D eigenvalue weighted by molar-refractivity contribution is -0.124. The Labute approximate surface area is 190 Å². The van der Waals surface area contributed by atoms with Crippen LogP contribution in [0.4, 0.5) is 0 Å². The van der Waals surface area contributed by atoms with Gasteiger partial charge in [0.05, 0.1) is 24.2 Å². The van der Waals surface area contributed by atoms with Gasteiger partial charge in [0, 0.05) is 6.42 Å². The number of sulfone groups is 1. The van der Waals surface area contributed by atoms with Crippen LogP contribution in [-0.2, 0) is 14.6 Å². The fraction of sp³-hybridized carbons (Fsp3) is 0.480. The number of benzene rings is 2. The number of rotatable bonds is 5. The zero-order valence-corrected chi connectivity index (χ0v) is 19.8. The number of hydrogen-bond acceptors (Lipinski definition) is 5. The fourth-order valence-corrected chi connectivity index (χ4v) is 7.02. The van der Waals surface area contributed by atoms with Crippen LogP contribution in [-0.4, -0.2) is 32.3 Å². The van der Waals surface area contributed by atoms with Crippen molar-refractivity contribution in [1.82, 2.24) is 5.32 Å². The van der Waals surface area contributed by atoms with E-state index in [1.165, 1.54) is 0 Å². The maximum absolute atomic E-state index is 13.8. The first-order valence-electron chi connectivity index (χ1n) is 11.3. The van der Waals surface area contributed by atoms with Gasteiger partial charge in [0.25, 0.3) is 0 Å². The molecule has 0 aromatic heterocycles. The second kappa shape index (κ2) is 8.77. The van der Waals surface area contributed by atoms with Gasteiger partial charge in [-0.15, -0.1) is 0 Å². The molecule has 1 N–H and O–H groups in total. The van der Waals surface area contributed by atoms with Crippen LogP contribution in [0.5, 0.6) is 11.5 Å². The molecule has 4 rings (SSSR count). The molecule has 0 spiro atoms. The topological polar surface area (TPSA) is 81.7 Å². The molecule has 6 nitrogen and oxygen atoms in total. The number of hydrogen-bond donors (Lipinski definition) is 1. The van der Waals surface area contributed by atoms with Gasteiger partial charge in [-0.2, -0.15) is 0 Å². The fourth-order valence-electron chi connectivity index (χ4n) is 4.63. The van der Waals surface area contributed by atoms with E-state index in [2.05, 4.69) is 5.32 Å². The van der Waals surface area contributed by atoms with E-state index in [1.807, 2.05) is 44.2 Å². The van der Waals surface area contributed by atoms with Gasteiger partial charge in [-0.25, -0.2) is 8.42 Å². The van der Waals surface area contributed by atoms with Crippen LogP contribution in [0.1, 0.15) is 61.8 Å². The van der Waals surface area contributed by atoms with Gasteiger partial charge in [-0.3, -0.25) is 4.79 Å². The van der Waals surface area contributed by atoms with Crippen molar-refractivity contribution in [2.75, 3.05) is 13.2 Å². The molecule has 2 aliphatic rings. The molecule has 1 aliphatic carbocycles. The van der Waals surface area contributed by atoms with Crippen LogP contribution >= 0.6 is 0 Å². The largest absolute Gasteiger partial charge is 0.490 e. The third-order valence-electron chi connectivity index (χ3n) is 6.59. The van der Waals surface area contributed by atoms with Crippen molar-refractivity contribution in [3.05, 3.63) is 53.1 Å². The van der Waals surface area contributed by atoms with Crippen molar-refractivity contribution in [3.8, 4) is 11.5 Å². The summed E-state index contributed by atoms with van der Waals surface area (Å²) in [5, 5.41) is 3.00. The lowest BCUT2D eigenvalue weighted by Crippen LogP contribution is -2.51. The molecule has 2 aromatic carbocycles. The van der Waals surface area contributed by atoms with Crippen LogP contribution in [0.15, 0.2) is 41.3 Å². The predicted octanol–water partition coefficient (Wildman–Crippen LogP) is 4.43. The summed E-state index contributed by atoms with van der Waals surface area (Å²) in [7, 11) is -3.86. The Hall–Kier alpha value is -2.54. The summed E-state index contributed by atoms with van der Waals surface area (Å²) in [6, 6.07) is 10.6. The van der Waals surface area contributed by atoms with Crippen LogP contribution in [0.3, 0.4) is 0 Å². The number of carbonyl (C=O) groups excluding carboxylic acids is 1. The van der Waals surface area contributed by atoms with Gasteiger partial charge >= 0.3 is 0 Å². The smallest absolute Gasteiger partial charge is 0.242 e. The lowest BCUT2D eigenvalue weighted by atomic mass is 10.0. The Balaban J connectivity index is 1.63. The highest BCUT2D eigenvalue weighted by Crippen LogP contribution is 2.42. The normalized spacial score (nSPS) is 18.6. The molecule has 1 saturated carbocycles. The Bertz CT molecular complexity index is 1120. The number of nitrogens with one attached hydrogen (secondary N) is 1. The van der Waals surface area contributed by atoms with Crippen LogP contribution < -0.4 is 14.8 Å². The van der Waals surface area contributed by atoms with Gasteiger partial charge in [0.1, 0.15) is 0 Å². The van der Waals surface area contributed by atoms with Crippen molar-refractivity contribution in [2.45, 2.75) is 68.6 Å². The Morgan fingerprint density at radius 1 is 0.969 bits per heavy atom. The zero-order chi connectivity index (χ0) is 22.9. The van der Waals surface area contributed by atoms with Gasteiger partial charge in [0.15, 0.2) is 26.1 Å². The van der Waals surface area contributed by atoms with Crippen molar-refractivity contribution >= 4 is 15.7 Å². The van der Waals surface area contributed by atoms with E-state index in [4.69, 9.17) is 9.47 Å². The molecule has 32 heavy (non-hydrogen) atoms. The minimum atomic E-state index is -3.86. The number of carbonyl (C=O) groups is 1. The van der Waals surface area contributed by atoms with Gasteiger partial charge in [-0.05, 0) is 68.5 Å². The van der Waals surface area contributed by atoms with Crippen LogP contribution in [0.2, 0.25) is 0 Å². The number of fused-ring (bicyclic) bond motifs is 1. The Morgan fingerprint density at radius 3 is 2.38 bits per heavy atom. The standard InChI is InChI=1S/C25H31NO5S/c1-17-7-8-18(2)23(15-17)32(28,29)25(11-4-5-12-25)24(27)26-19(3)20-9-10-21-22(16-20)31-14-6-13-30-21/h7-10,15-16,19H,4-6,11-14H2,1-3H3,(H,26,27). The van der Waals surface area contributed by atoms with E-state index in [1.54, 1.807) is 13.0 Å². The maximum atomic E-state index is 13.8. The number of amides is 1. The summed E-state index contributed by atoms with van der Waals surface area (Å²) in [6.45, 7) is 6.70. The summed E-state index contributed by atoms with van der Waals surface area (Å²) in [6.07, 6.45) is 2.92. The average Bonchev–Trinajstić information content (AvgIpc) is 3.17. The highest BCUT2D eigenvalue weighted by Gasteiger charge is 2.53. The zero-order valence-electron chi connectivity index (χ0n) is 18.9. The van der Waals surface area contributed by atoms with Crippen molar-refractivity contribution in [3.63, 3.8) is 0 Å². The van der Waals surface area contributed by atoms with Crippen molar-refractivity contribution in [1.29, 1.82) is 0 Å².